The normalized spacial score (nSPS) is 10.3. The maximum atomic E-state index is 11.6. The number of halogens is 1. The van der Waals surface area contributed by atoms with E-state index in [1.165, 1.54) is 4.68 Å². The highest BCUT2D eigenvalue weighted by molar-refractivity contribution is 9.10. The number of benzene rings is 1. The maximum Gasteiger partial charge on any atom is 0.310 e. The Balaban J connectivity index is 2.37. The number of H-pyrrole nitrogens is 1. The predicted octanol–water partition coefficient (Wildman–Crippen LogP) is 2.27. The SMILES string of the molecule is Cn1[nH]c(Br)c(Oc2ccccc2)c1=O. The van der Waals surface area contributed by atoms with Gasteiger partial charge in [0.2, 0.25) is 5.75 Å². The van der Waals surface area contributed by atoms with Crippen LogP contribution in [0.1, 0.15) is 0 Å². The Hall–Kier alpha value is -1.49. The van der Waals surface area contributed by atoms with Crippen molar-refractivity contribution >= 4 is 15.9 Å². The molecule has 1 aromatic heterocycles. The van der Waals surface area contributed by atoms with Gasteiger partial charge in [-0.1, -0.05) is 18.2 Å². The molecule has 0 aliphatic heterocycles. The standard InChI is InChI=1S/C10H9BrN2O2/c1-13-10(14)8(9(11)12-13)15-7-5-3-2-4-6-7/h2-6,12H,1H3. The Morgan fingerprint density at radius 3 is 2.53 bits per heavy atom. The van der Waals surface area contributed by atoms with E-state index in [0.717, 1.165) is 0 Å². The number of aromatic amines is 1. The molecule has 0 amide bonds. The summed E-state index contributed by atoms with van der Waals surface area (Å²) in [5.74, 6) is 0.901. The third kappa shape index (κ3) is 1.97. The van der Waals surface area contributed by atoms with Crippen LogP contribution >= 0.6 is 15.9 Å². The van der Waals surface area contributed by atoms with Crippen LogP contribution in [0, 0.1) is 0 Å². The van der Waals surface area contributed by atoms with Crippen LogP contribution in [0.3, 0.4) is 0 Å². The Bertz CT molecular complexity index is 516. The zero-order valence-electron chi connectivity index (χ0n) is 8.03. The first kappa shape index (κ1) is 10.0. The number of nitrogens with one attached hydrogen (secondary N) is 1. The number of hydrogen-bond donors (Lipinski definition) is 1. The number of ether oxygens (including phenoxy) is 1. The van der Waals surface area contributed by atoms with Crippen molar-refractivity contribution in [3.63, 3.8) is 0 Å². The summed E-state index contributed by atoms with van der Waals surface area (Å²) in [5, 5.41) is 2.79. The van der Waals surface area contributed by atoms with E-state index in [4.69, 9.17) is 4.74 Å². The quantitative estimate of drug-likeness (QED) is 0.909. The highest BCUT2D eigenvalue weighted by Gasteiger charge is 2.11. The van der Waals surface area contributed by atoms with Crippen molar-refractivity contribution in [3.05, 3.63) is 45.3 Å². The van der Waals surface area contributed by atoms with Crippen molar-refractivity contribution in [2.24, 2.45) is 7.05 Å². The molecule has 2 rings (SSSR count). The molecule has 0 saturated heterocycles. The lowest BCUT2D eigenvalue weighted by Gasteiger charge is -2.00. The van der Waals surface area contributed by atoms with E-state index < -0.39 is 0 Å². The van der Waals surface area contributed by atoms with Crippen LogP contribution in [-0.2, 0) is 7.05 Å². The number of aryl methyl sites for hydroxylation is 1. The number of para-hydroxylation sites is 1. The summed E-state index contributed by atoms with van der Waals surface area (Å²) >= 11 is 3.22. The van der Waals surface area contributed by atoms with E-state index in [1.807, 2.05) is 18.2 Å². The number of rotatable bonds is 2. The van der Waals surface area contributed by atoms with Gasteiger partial charge in [-0.05, 0) is 28.1 Å². The van der Waals surface area contributed by atoms with Crippen molar-refractivity contribution in [2.45, 2.75) is 0 Å². The Morgan fingerprint density at radius 1 is 1.33 bits per heavy atom. The van der Waals surface area contributed by atoms with Crippen LogP contribution < -0.4 is 10.3 Å². The largest absolute Gasteiger partial charge is 0.449 e. The van der Waals surface area contributed by atoms with Gasteiger partial charge in [-0.15, -0.1) is 0 Å². The summed E-state index contributed by atoms with van der Waals surface area (Å²) in [6.07, 6.45) is 0. The van der Waals surface area contributed by atoms with Crippen molar-refractivity contribution in [2.75, 3.05) is 0 Å². The van der Waals surface area contributed by atoms with Crippen LogP contribution in [0.5, 0.6) is 11.5 Å². The molecule has 0 bridgehead atoms. The number of hydrogen-bond acceptors (Lipinski definition) is 2. The van der Waals surface area contributed by atoms with E-state index >= 15 is 0 Å². The Morgan fingerprint density at radius 2 is 2.00 bits per heavy atom. The molecule has 0 radical (unpaired) electrons. The maximum absolute atomic E-state index is 11.6. The molecule has 0 fully saturated rings. The molecule has 0 spiro atoms. The molecule has 1 heterocycles. The number of nitrogens with zero attached hydrogens (tertiary/aromatic N) is 1. The molecule has 0 unspecified atom stereocenters. The lowest BCUT2D eigenvalue weighted by atomic mass is 10.3. The smallest absolute Gasteiger partial charge is 0.310 e. The van der Waals surface area contributed by atoms with Crippen LogP contribution in [0.2, 0.25) is 0 Å². The van der Waals surface area contributed by atoms with E-state index in [1.54, 1.807) is 19.2 Å². The molecule has 4 nitrogen and oxygen atoms in total. The molecule has 1 aromatic carbocycles. The summed E-state index contributed by atoms with van der Waals surface area (Å²) in [4.78, 5) is 11.6. The van der Waals surface area contributed by atoms with Gasteiger partial charge in [0.15, 0.2) is 0 Å². The van der Waals surface area contributed by atoms with Gasteiger partial charge < -0.3 is 4.74 Å². The average Bonchev–Trinajstić information content (AvgIpc) is 2.47. The monoisotopic (exact) mass is 268 g/mol. The second kappa shape index (κ2) is 3.94. The number of aromatic nitrogens is 2. The van der Waals surface area contributed by atoms with Gasteiger partial charge in [0, 0.05) is 7.05 Å². The van der Waals surface area contributed by atoms with E-state index in [0.29, 0.717) is 10.4 Å². The Kier molecular flexibility index (Phi) is 2.64. The minimum Gasteiger partial charge on any atom is -0.449 e. The zero-order chi connectivity index (χ0) is 10.8. The summed E-state index contributed by atoms with van der Waals surface area (Å²) in [6.45, 7) is 0. The first-order chi connectivity index (χ1) is 7.18. The van der Waals surface area contributed by atoms with Gasteiger partial charge in [0.25, 0.3) is 0 Å². The van der Waals surface area contributed by atoms with Crippen LogP contribution in [0.25, 0.3) is 0 Å². The van der Waals surface area contributed by atoms with Crippen molar-refractivity contribution in [1.29, 1.82) is 0 Å². The molecule has 0 saturated carbocycles. The van der Waals surface area contributed by atoms with Crippen LogP contribution in [-0.4, -0.2) is 9.78 Å². The topological polar surface area (TPSA) is 47.0 Å². The van der Waals surface area contributed by atoms with E-state index in [9.17, 15) is 4.79 Å². The summed E-state index contributed by atoms with van der Waals surface area (Å²) in [6, 6.07) is 9.16. The van der Waals surface area contributed by atoms with Gasteiger partial charge in [-0.25, -0.2) is 0 Å². The first-order valence-corrected chi connectivity index (χ1v) is 5.15. The Labute approximate surface area is 94.6 Å². The predicted molar refractivity (Wildman–Crippen MR) is 60.2 cm³/mol. The molecular formula is C10H9BrN2O2. The summed E-state index contributed by atoms with van der Waals surface area (Å²) in [5.41, 5.74) is -0.203. The second-order valence-corrected chi connectivity index (χ2v) is 3.83. The van der Waals surface area contributed by atoms with Gasteiger partial charge in [0.05, 0.1) is 0 Å². The second-order valence-electron chi connectivity index (χ2n) is 3.03. The molecule has 15 heavy (non-hydrogen) atoms. The van der Waals surface area contributed by atoms with Gasteiger partial charge in [-0.3, -0.25) is 14.6 Å². The van der Waals surface area contributed by atoms with Crippen LogP contribution in [0.4, 0.5) is 0 Å². The molecule has 78 valence electrons. The van der Waals surface area contributed by atoms with Crippen LogP contribution in [0.15, 0.2) is 39.7 Å². The average molecular weight is 269 g/mol. The van der Waals surface area contributed by atoms with Crippen molar-refractivity contribution in [3.8, 4) is 11.5 Å². The molecule has 0 aliphatic carbocycles. The van der Waals surface area contributed by atoms with Gasteiger partial charge in [-0.2, -0.15) is 0 Å². The zero-order valence-corrected chi connectivity index (χ0v) is 9.61. The first-order valence-electron chi connectivity index (χ1n) is 4.36. The van der Waals surface area contributed by atoms with Gasteiger partial charge >= 0.3 is 5.56 Å². The third-order valence-electron chi connectivity index (χ3n) is 1.93. The van der Waals surface area contributed by atoms with Gasteiger partial charge in [0.1, 0.15) is 10.4 Å². The highest BCUT2D eigenvalue weighted by Crippen LogP contribution is 2.23. The lowest BCUT2D eigenvalue weighted by Crippen LogP contribution is -2.12. The van der Waals surface area contributed by atoms with E-state index in [-0.39, 0.29) is 11.3 Å². The van der Waals surface area contributed by atoms with Crippen molar-refractivity contribution < 1.29 is 4.74 Å². The lowest BCUT2D eigenvalue weighted by molar-refractivity contribution is 0.474. The summed E-state index contributed by atoms with van der Waals surface area (Å²) in [7, 11) is 1.63. The molecule has 0 aliphatic rings. The molecular weight excluding hydrogens is 260 g/mol. The molecule has 0 atom stereocenters. The fourth-order valence-corrected chi connectivity index (χ4v) is 1.71. The summed E-state index contributed by atoms with van der Waals surface area (Å²) < 4.78 is 7.34. The third-order valence-corrected chi connectivity index (χ3v) is 2.46. The molecule has 2 aromatic rings. The minimum absolute atomic E-state index is 0.203. The molecule has 5 heteroatoms. The minimum atomic E-state index is -0.203. The molecule has 1 N–H and O–H groups in total. The van der Waals surface area contributed by atoms with E-state index in [2.05, 4.69) is 21.0 Å². The fraction of sp³-hybridized carbons (Fsp3) is 0.100. The fourth-order valence-electron chi connectivity index (χ4n) is 1.19. The van der Waals surface area contributed by atoms with Crippen molar-refractivity contribution in [1.82, 2.24) is 9.78 Å². The highest BCUT2D eigenvalue weighted by atomic mass is 79.9.